The molecule has 110 valence electrons. The van der Waals surface area contributed by atoms with Gasteiger partial charge >= 0.3 is 5.97 Å². The van der Waals surface area contributed by atoms with E-state index in [-0.39, 0.29) is 6.04 Å². The minimum absolute atomic E-state index is 0.228. The van der Waals surface area contributed by atoms with E-state index in [1.807, 2.05) is 12.1 Å². The predicted octanol–water partition coefficient (Wildman–Crippen LogP) is 4.51. The molecule has 0 aliphatic carbocycles. The SMILES string of the molecule is CCc1ccc(C(CC)Nc2ccc(C(=O)O)cc2)cc1. The van der Waals surface area contributed by atoms with Crippen molar-refractivity contribution in [3.05, 3.63) is 65.2 Å². The Bertz CT molecular complexity index is 588. The van der Waals surface area contributed by atoms with Gasteiger partial charge in [-0.2, -0.15) is 0 Å². The quantitative estimate of drug-likeness (QED) is 0.820. The van der Waals surface area contributed by atoms with Crippen LogP contribution in [0.25, 0.3) is 0 Å². The Labute approximate surface area is 125 Å². The zero-order chi connectivity index (χ0) is 15.2. The Morgan fingerprint density at radius 2 is 1.67 bits per heavy atom. The van der Waals surface area contributed by atoms with Gasteiger partial charge in [-0.05, 0) is 48.2 Å². The zero-order valence-electron chi connectivity index (χ0n) is 12.5. The largest absolute Gasteiger partial charge is 0.478 e. The van der Waals surface area contributed by atoms with Gasteiger partial charge in [-0.3, -0.25) is 0 Å². The monoisotopic (exact) mass is 283 g/mol. The number of rotatable bonds is 6. The third-order valence-electron chi connectivity index (χ3n) is 3.67. The summed E-state index contributed by atoms with van der Waals surface area (Å²) in [6.45, 7) is 4.28. The number of aromatic carboxylic acids is 1. The molecule has 0 fully saturated rings. The molecule has 0 spiro atoms. The van der Waals surface area contributed by atoms with Crippen LogP contribution < -0.4 is 5.32 Å². The van der Waals surface area contributed by atoms with Crippen molar-refractivity contribution in [2.45, 2.75) is 32.7 Å². The van der Waals surface area contributed by atoms with Crippen molar-refractivity contribution in [3.8, 4) is 0 Å². The second-order valence-electron chi connectivity index (χ2n) is 5.08. The molecule has 2 N–H and O–H groups in total. The second kappa shape index (κ2) is 6.93. The fourth-order valence-corrected chi connectivity index (χ4v) is 2.32. The molecular weight excluding hydrogens is 262 g/mol. The first-order valence-corrected chi connectivity index (χ1v) is 7.32. The van der Waals surface area contributed by atoms with E-state index in [4.69, 9.17) is 5.11 Å². The second-order valence-corrected chi connectivity index (χ2v) is 5.08. The molecule has 1 atom stereocenters. The summed E-state index contributed by atoms with van der Waals surface area (Å²) in [6.07, 6.45) is 2.01. The summed E-state index contributed by atoms with van der Waals surface area (Å²) in [6, 6.07) is 15.7. The molecule has 0 aliphatic rings. The molecule has 21 heavy (non-hydrogen) atoms. The highest BCUT2D eigenvalue weighted by molar-refractivity contribution is 5.88. The Kier molecular flexibility index (Phi) is 4.99. The van der Waals surface area contributed by atoms with E-state index in [1.165, 1.54) is 11.1 Å². The van der Waals surface area contributed by atoms with Gasteiger partial charge in [0.25, 0.3) is 0 Å². The van der Waals surface area contributed by atoms with Gasteiger partial charge in [-0.25, -0.2) is 4.79 Å². The van der Waals surface area contributed by atoms with Gasteiger partial charge in [0.2, 0.25) is 0 Å². The van der Waals surface area contributed by atoms with Crippen LogP contribution in [-0.4, -0.2) is 11.1 Å². The molecule has 0 bridgehead atoms. The fourth-order valence-electron chi connectivity index (χ4n) is 2.32. The highest BCUT2D eigenvalue weighted by Crippen LogP contribution is 2.23. The van der Waals surface area contributed by atoms with Crippen molar-refractivity contribution in [2.24, 2.45) is 0 Å². The van der Waals surface area contributed by atoms with Gasteiger partial charge in [0.15, 0.2) is 0 Å². The minimum Gasteiger partial charge on any atom is -0.478 e. The summed E-state index contributed by atoms with van der Waals surface area (Å²) in [5.74, 6) is -0.899. The van der Waals surface area contributed by atoms with E-state index < -0.39 is 5.97 Å². The summed E-state index contributed by atoms with van der Waals surface area (Å²) in [4.78, 5) is 10.9. The van der Waals surface area contributed by atoms with E-state index in [9.17, 15) is 4.79 Å². The molecule has 2 rings (SSSR count). The van der Waals surface area contributed by atoms with Crippen LogP contribution >= 0.6 is 0 Å². The predicted molar refractivity (Wildman–Crippen MR) is 85.9 cm³/mol. The average Bonchev–Trinajstić information content (AvgIpc) is 2.53. The lowest BCUT2D eigenvalue weighted by molar-refractivity contribution is 0.0697. The van der Waals surface area contributed by atoms with Crippen LogP contribution in [0, 0.1) is 0 Å². The number of aryl methyl sites for hydroxylation is 1. The summed E-state index contributed by atoms with van der Waals surface area (Å²) in [5.41, 5.74) is 3.82. The summed E-state index contributed by atoms with van der Waals surface area (Å²) >= 11 is 0. The molecule has 0 aliphatic heterocycles. The van der Waals surface area contributed by atoms with Crippen LogP contribution in [0.5, 0.6) is 0 Å². The molecule has 2 aromatic carbocycles. The lowest BCUT2D eigenvalue weighted by atomic mass is 10.0. The minimum atomic E-state index is -0.899. The standard InChI is InChI=1S/C18H21NO2/c1-3-13-5-7-14(8-6-13)17(4-2)19-16-11-9-15(10-12-16)18(20)21/h5-12,17,19H,3-4H2,1-2H3,(H,20,21). The fraction of sp³-hybridized carbons (Fsp3) is 0.278. The molecule has 0 heterocycles. The van der Waals surface area contributed by atoms with Gasteiger partial charge in [-0.15, -0.1) is 0 Å². The number of hydrogen-bond donors (Lipinski definition) is 2. The molecule has 0 amide bonds. The lowest BCUT2D eigenvalue weighted by Crippen LogP contribution is -2.10. The Morgan fingerprint density at radius 3 is 2.14 bits per heavy atom. The van der Waals surface area contributed by atoms with Gasteiger partial charge in [-0.1, -0.05) is 38.1 Å². The molecule has 0 saturated carbocycles. The highest BCUT2D eigenvalue weighted by atomic mass is 16.4. The van der Waals surface area contributed by atoms with Crippen LogP contribution in [0.4, 0.5) is 5.69 Å². The Hall–Kier alpha value is -2.29. The van der Waals surface area contributed by atoms with Crippen LogP contribution in [0.1, 0.15) is 47.8 Å². The van der Waals surface area contributed by atoms with Crippen molar-refractivity contribution in [3.63, 3.8) is 0 Å². The van der Waals surface area contributed by atoms with Gasteiger partial charge in [0, 0.05) is 5.69 Å². The van der Waals surface area contributed by atoms with Gasteiger partial charge in [0.1, 0.15) is 0 Å². The van der Waals surface area contributed by atoms with Gasteiger partial charge in [0.05, 0.1) is 11.6 Å². The summed E-state index contributed by atoms with van der Waals surface area (Å²) in [5, 5.41) is 12.4. The lowest BCUT2D eigenvalue weighted by Gasteiger charge is -2.19. The van der Waals surface area contributed by atoms with Crippen LogP contribution in [-0.2, 0) is 6.42 Å². The number of carboxylic acids is 1. The van der Waals surface area contributed by atoms with Crippen LogP contribution in [0.15, 0.2) is 48.5 Å². The van der Waals surface area contributed by atoms with Crippen molar-refractivity contribution < 1.29 is 9.90 Å². The number of anilines is 1. The third-order valence-corrected chi connectivity index (χ3v) is 3.67. The normalized spacial score (nSPS) is 11.9. The maximum absolute atomic E-state index is 10.9. The average molecular weight is 283 g/mol. The molecule has 0 aromatic heterocycles. The molecule has 2 aromatic rings. The third kappa shape index (κ3) is 3.85. The maximum Gasteiger partial charge on any atom is 0.335 e. The van der Waals surface area contributed by atoms with Gasteiger partial charge < -0.3 is 10.4 Å². The van der Waals surface area contributed by atoms with Crippen molar-refractivity contribution in [1.82, 2.24) is 0 Å². The topological polar surface area (TPSA) is 49.3 Å². The van der Waals surface area contributed by atoms with Crippen molar-refractivity contribution in [1.29, 1.82) is 0 Å². The maximum atomic E-state index is 10.9. The van der Waals surface area contributed by atoms with E-state index >= 15 is 0 Å². The summed E-state index contributed by atoms with van der Waals surface area (Å²) < 4.78 is 0. The highest BCUT2D eigenvalue weighted by Gasteiger charge is 2.09. The molecule has 3 heteroatoms. The van der Waals surface area contributed by atoms with Crippen LogP contribution in [0.3, 0.4) is 0 Å². The van der Waals surface area contributed by atoms with E-state index in [1.54, 1.807) is 12.1 Å². The van der Waals surface area contributed by atoms with Crippen LogP contribution in [0.2, 0.25) is 0 Å². The number of benzene rings is 2. The first-order valence-electron chi connectivity index (χ1n) is 7.32. The zero-order valence-corrected chi connectivity index (χ0v) is 12.5. The van der Waals surface area contributed by atoms with Crippen molar-refractivity contribution in [2.75, 3.05) is 5.32 Å². The van der Waals surface area contributed by atoms with Crippen molar-refractivity contribution >= 4 is 11.7 Å². The number of nitrogens with one attached hydrogen (secondary N) is 1. The molecule has 1 unspecified atom stereocenters. The summed E-state index contributed by atoms with van der Waals surface area (Å²) in [7, 11) is 0. The Balaban J connectivity index is 2.12. The molecule has 0 radical (unpaired) electrons. The molecule has 0 saturated heterocycles. The number of carboxylic acid groups (broad SMARTS) is 1. The molecule has 3 nitrogen and oxygen atoms in total. The first kappa shape index (κ1) is 15.1. The van der Waals surface area contributed by atoms with E-state index in [0.29, 0.717) is 5.56 Å². The number of hydrogen-bond acceptors (Lipinski definition) is 2. The van der Waals surface area contributed by atoms with E-state index in [2.05, 4.69) is 43.4 Å². The smallest absolute Gasteiger partial charge is 0.335 e. The number of carbonyl (C=O) groups is 1. The Morgan fingerprint density at radius 1 is 1.05 bits per heavy atom. The molecular formula is C18H21NO2. The first-order chi connectivity index (χ1) is 10.1. The van der Waals surface area contributed by atoms with E-state index in [0.717, 1.165) is 18.5 Å².